The summed E-state index contributed by atoms with van der Waals surface area (Å²) < 4.78 is 99.9. The highest BCUT2D eigenvalue weighted by Crippen LogP contribution is 2.65. The SMILES string of the molecule is FCC1(CF)OC1(C(F)(F)F)C(F)(F)F. The van der Waals surface area contributed by atoms with Crippen molar-refractivity contribution in [3.8, 4) is 0 Å². The molecule has 1 rings (SSSR count). The summed E-state index contributed by atoms with van der Waals surface area (Å²) in [6.07, 6.45) is -11.8. The summed E-state index contributed by atoms with van der Waals surface area (Å²) in [5.74, 6) is 0. The molecule has 0 saturated carbocycles. The topological polar surface area (TPSA) is 12.5 Å². The van der Waals surface area contributed by atoms with Gasteiger partial charge in [0.05, 0.1) is 0 Å². The fourth-order valence-corrected chi connectivity index (χ4v) is 1.34. The molecule has 0 aromatic carbocycles. The van der Waals surface area contributed by atoms with Gasteiger partial charge in [0.15, 0.2) is 5.60 Å². The first-order valence-electron chi connectivity index (χ1n) is 3.53. The number of rotatable bonds is 2. The standard InChI is InChI=1S/C6H4F8O/c7-1-3(2-8)4(15-3,5(9,10)11)6(12,13)14/h1-2H2. The van der Waals surface area contributed by atoms with E-state index >= 15 is 0 Å². The van der Waals surface area contributed by atoms with Crippen LogP contribution in [0.25, 0.3) is 0 Å². The number of hydrogen-bond donors (Lipinski definition) is 0. The van der Waals surface area contributed by atoms with Crippen LogP contribution in [0.2, 0.25) is 0 Å². The summed E-state index contributed by atoms with van der Waals surface area (Å²) >= 11 is 0. The molecule has 1 aliphatic heterocycles. The average molecular weight is 244 g/mol. The van der Waals surface area contributed by atoms with Crippen LogP contribution in [-0.4, -0.2) is 36.9 Å². The van der Waals surface area contributed by atoms with Crippen molar-refractivity contribution in [1.82, 2.24) is 0 Å². The third kappa shape index (κ3) is 1.31. The highest BCUT2D eigenvalue weighted by atomic mass is 19.4. The molecule has 1 nitrogen and oxygen atoms in total. The fraction of sp³-hybridized carbons (Fsp3) is 1.00. The highest BCUT2D eigenvalue weighted by Gasteiger charge is 2.94. The van der Waals surface area contributed by atoms with Crippen LogP contribution in [0.15, 0.2) is 0 Å². The van der Waals surface area contributed by atoms with Crippen molar-refractivity contribution in [1.29, 1.82) is 0 Å². The largest absolute Gasteiger partial charge is 0.429 e. The van der Waals surface area contributed by atoms with Crippen LogP contribution in [0.4, 0.5) is 35.1 Å². The van der Waals surface area contributed by atoms with E-state index in [4.69, 9.17) is 0 Å². The Labute approximate surface area is 78.0 Å². The minimum Gasteiger partial charge on any atom is -0.340 e. The van der Waals surface area contributed by atoms with Gasteiger partial charge in [-0.15, -0.1) is 0 Å². The molecule has 0 radical (unpaired) electrons. The second-order valence-electron chi connectivity index (χ2n) is 3.04. The summed E-state index contributed by atoms with van der Waals surface area (Å²) in [5.41, 5.74) is -8.18. The molecule has 1 aliphatic rings. The van der Waals surface area contributed by atoms with Crippen molar-refractivity contribution in [3.05, 3.63) is 0 Å². The molecule has 9 heteroatoms. The van der Waals surface area contributed by atoms with Gasteiger partial charge in [0.25, 0.3) is 5.60 Å². The maximum atomic E-state index is 12.1. The predicted molar refractivity (Wildman–Crippen MR) is 30.6 cm³/mol. The molecule has 0 aromatic rings. The van der Waals surface area contributed by atoms with Crippen LogP contribution in [0.1, 0.15) is 0 Å². The molecule has 0 bridgehead atoms. The summed E-state index contributed by atoms with van der Waals surface area (Å²) in [6.45, 7) is -4.38. The molecule has 1 saturated heterocycles. The highest BCUT2D eigenvalue weighted by molar-refractivity contribution is 5.24. The monoisotopic (exact) mass is 244 g/mol. The van der Waals surface area contributed by atoms with E-state index in [-0.39, 0.29) is 0 Å². The first kappa shape index (κ1) is 12.5. The average Bonchev–Trinajstić information content (AvgIpc) is 2.73. The van der Waals surface area contributed by atoms with E-state index in [9.17, 15) is 35.1 Å². The van der Waals surface area contributed by atoms with E-state index in [1.165, 1.54) is 0 Å². The van der Waals surface area contributed by atoms with Gasteiger partial charge in [-0.3, -0.25) is 0 Å². The van der Waals surface area contributed by atoms with Gasteiger partial charge in [-0.2, -0.15) is 26.3 Å². The number of ether oxygens (including phenoxy) is 1. The quantitative estimate of drug-likeness (QED) is 0.537. The van der Waals surface area contributed by atoms with Crippen molar-refractivity contribution >= 4 is 0 Å². The lowest BCUT2D eigenvalue weighted by atomic mass is 9.93. The molecule has 0 aliphatic carbocycles. The lowest BCUT2D eigenvalue weighted by molar-refractivity contribution is -0.293. The van der Waals surface area contributed by atoms with Crippen molar-refractivity contribution in [2.75, 3.05) is 13.3 Å². The zero-order valence-electron chi connectivity index (χ0n) is 6.85. The molecule has 0 aromatic heterocycles. The number of hydrogen-bond acceptors (Lipinski definition) is 1. The normalized spacial score (nSPS) is 24.0. The minimum absolute atomic E-state index is 2.19. The second-order valence-corrected chi connectivity index (χ2v) is 3.04. The zero-order valence-corrected chi connectivity index (χ0v) is 6.85. The summed E-state index contributed by atoms with van der Waals surface area (Å²) in [4.78, 5) is 0. The van der Waals surface area contributed by atoms with Crippen LogP contribution in [0.3, 0.4) is 0 Å². The second kappa shape index (κ2) is 2.96. The van der Waals surface area contributed by atoms with Crippen LogP contribution >= 0.6 is 0 Å². The van der Waals surface area contributed by atoms with E-state index in [1.54, 1.807) is 0 Å². The van der Waals surface area contributed by atoms with Crippen molar-refractivity contribution in [2.24, 2.45) is 0 Å². The van der Waals surface area contributed by atoms with Crippen molar-refractivity contribution in [3.63, 3.8) is 0 Å². The van der Waals surface area contributed by atoms with Gasteiger partial charge >= 0.3 is 12.4 Å². The molecule has 0 spiro atoms. The van der Waals surface area contributed by atoms with Crippen LogP contribution in [-0.2, 0) is 4.74 Å². The summed E-state index contributed by atoms with van der Waals surface area (Å²) in [7, 11) is 0. The lowest BCUT2D eigenvalue weighted by Crippen LogP contribution is -2.53. The van der Waals surface area contributed by atoms with Gasteiger partial charge in [-0.05, 0) is 0 Å². The summed E-state index contributed by atoms with van der Waals surface area (Å²) in [6, 6.07) is 0. The van der Waals surface area contributed by atoms with E-state index in [0.717, 1.165) is 0 Å². The maximum Gasteiger partial charge on any atom is 0.429 e. The fourth-order valence-electron chi connectivity index (χ4n) is 1.34. The molecule has 90 valence electrons. The molecule has 1 heterocycles. The van der Waals surface area contributed by atoms with Gasteiger partial charge in [0, 0.05) is 0 Å². The number of epoxide rings is 1. The van der Waals surface area contributed by atoms with Gasteiger partial charge in [0.2, 0.25) is 0 Å². The molecular weight excluding hydrogens is 240 g/mol. The van der Waals surface area contributed by atoms with E-state index in [1.807, 2.05) is 0 Å². The van der Waals surface area contributed by atoms with E-state index in [2.05, 4.69) is 4.74 Å². The van der Waals surface area contributed by atoms with E-state index < -0.39 is 36.9 Å². The third-order valence-electron chi connectivity index (χ3n) is 2.18. The molecule has 1 fully saturated rings. The van der Waals surface area contributed by atoms with Gasteiger partial charge in [-0.25, -0.2) is 8.78 Å². The number of halogens is 8. The Morgan fingerprint density at radius 3 is 1.20 bits per heavy atom. The summed E-state index contributed by atoms with van der Waals surface area (Å²) in [5, 5.41) is 0. The van der Waals surface area contributed by atoms with Crippen molar-refractivity contribution in [2.45, 2.75) is 23.6 Å². The maximum absolute atomic E-state index is 12.1. The molecule has 0 amide bonds. The van der Waals surface area contributed by atoms with Crippen LogP contribution in [0, 0.1) is 0 Å². The van der Waals surface area contributed by atoms with Gasteiger partial charge < -0.3 is 4.74 Å². The first-order chi connectivity index (χ1) is 6.58. The zero-order chi connectivity index (χ0) is 12.1. The molecule has 15 heavy (non-hydrogen) atoms. The Bertz CT molecular complexity index is 235. The Hall–Kier alpha value is -0.600. The molecular formula is C6H4F8O. The molecule has 0 unspecified atom stereocenters. The first-order valence-corrected chi connectivity index (χ1v) is 3.53. The Morgan fingerprint density at radius 1 is 0.800 bits per heavy atom. The molecule has 0 atom stereocenters. The number of alkyl halides is 8. The van der Waals surface area contributed by atoms with Gasteiger partial charge in [-0.1, -0.05) is 0 Å². The van der Waals surface area contributed by atoms with E-state index in [0.29, 0.717) is 0 Å². The Balaban J connectivity index is 3.17. The van der Waals surface area contributed by atoms with Crippen LogP contribution < -0.4 is 0 Å². The Morgan fingerprint density at radius 2 is 1.13 bits per heavy atom. The lowest BCUT2D eigenvalue weighted by Gasteiger charge is -2.21. The molecule has 0 N–H and O–H groups in total. The minimum atomic E-state index is -5.90. The third-order valence-corrected chi connectivity index (χ3v) is 2.18. The van der Waals surface area contributed by atoms with Crippen molar-refractivity contribution < 1.29 is 39.9 Å². The van der Waals surface area contributed by atoms with Gasteiger partial charge in [0.1, 0.15) is 13.3 Å². The smallest absolute Gasteiger partial charge is 0.340 e. The van der Waals surface area contributed by atoms with Crippen LogP contribution in [0.5, 0.6) is 0 Å². The Kier molecular flexibility index (Phi) is 2.46. The predicted octanol–water partition coefficient (Wildman–Crippen LogP) is 2.56.